The van der Waals surface area contributed by atoms with Gasteiger partial charge in [-0.3, -0.25) is 4.79 Å². The molecule has 0 atom stereocenters. The molecule has 1 aromatic heterocycles. The van der Waals surface area contributed by atoms with Crippen LogP contribution < -0.4 is 5.32 Å². The smallest absolute Gasteiger partial charge is 0.267 e. The number of hydrogen-bond donors (Lipinski definition) is 1. The fraction of sp³-hybridized carbons (Fsp3) is 0.450. The van der Waals surface area contributed by atoms with Crippen LogP contribution in [0, 0.1) is 0 Å². The van der Waals surface area contributed by atoms with E-state index in [0.717, 1.165) is 24.2 Å². The van der Waals surface area contributed by atoms with Crippen molar-refractivity contribution in [3.63, 3.8) is 0 Å². The third-order valence-electron chi connectivity index (χ3n) is 4.70. The maximum absolute atomic E-state index is 12.9. The molecule has 1 fully saturated rings. The summed E-state index contributed by atoms with van der Waals surface area (Å²) in [5.41, 5.74) is 1.89. The van der Waals surface area contributed by atoms with Gasteiger partial charge in [-0.25, -0.2) is 8.42 Å². The number of unbranched alkanes of at least 4 members (excludes halogenated alkanes) is 2. The molecule has 1 aromatic carbocycles. The molecule has 0 spiro atoms. The van der Waals surface area contributed by atoms with E-state index in [1.165, 1.54) is 28.8 Å². The molecule has 8 heteroatoms. The molecular weight excluding hydrogens is 396 g/mol. The summed E-state index contributed by atoms with van der Waals surface area (Å²) < 4.78 is 32.4. The van der Waals surface area contributed by atoms with Gasteiger partial charge in [0.05, 0.1) is 13.2 Å². The van der Waals surface area contributed by atoms with Crippen molar-refractivity contribution in [2.24, 2.45) is 0 Å². The second kappa shape index (κ2) is 9.65. The lowest BCUT2D eigenvalue weighted by Gasteiger charge is -2.26. The number of rotatable bonds is 8. The largest absolute Gasteiger partial charge is 0.379 e. The first-order chi connectivity index (χ1) is 13.5. The van der Waals surface area contributed by atoms with Gasteiger partial charge in [0.25, 0.3) is 5.91 Å². The molecule has 0 bridgehead atoms. The summed E-state index contributed by atoms with van der Waals surface area (Å²) in [6.45, 7) is 3.53. The van der Waals surface area contributed by atoms with Gasteiger partial charge in [0.2, 0.25) is 10.0 Å². The van der Waals surface area contributed by atoms with Gasteiger partial charge in [-0.15, -0.1) is 11.3 Å². The first-order valence-electron chi connectivity index (χ1n) is 9.58. The Labute approximate surface area is 170 Å². The van der Waals surface area contributed by atoms with Crippen molar-refractivity contribution in [3.05, 3.63) is 46.2 Å². The van der Waals surface area contributed by atoms with Crippen molar-refractivity contribution in [1.29, 1.82) is 0 Å². The van der Waals surface area contributed by atoms with Crippen molar-refractivity contribution in [1.82, 2.24) is 4.31 Å². The van der Waals surface area contributed by atoms with Crippen LogP contribution >= 0.6 is 11.3 Å². The molecule has 6 nitrogen and oxygen atoms in total. The summed E-state index contributed by atoms with van der Waals surface area (Å²) in [7, 11) is -3.70. The van der Waals surface area contributed by atoms with E-state index >= 15 is 0 Å². The van der Waals surface area contributed by atoms with Gasteiger partial charge < -0.3 is 10.1 Å². The summed E-state index contributed by atoms with van der Waals surface area (Å²) in [4.78, 5) is 13.0. The van der Waals surface area contributed by atoms with E-state index in [0.29, 0.717) is 32.0 Å². The molecule has 0 unspecified atom stereocenters. The quantitative estimate of drug-likeness (QED) is 0.658. The molecule has 1 N–H and O–H groups in total. The molecule has 1 amide bonds. The van der Waals surface area contributed by atoms with Crippen LogP contribution in [0.4, 0.5) is 5.69 Å². The van der Waals surface area contributed by atoms with Crippen molar-refractivity contribution >= 4 is 33.0 Å². The zero-order valence-corrected chi connectivity index (χ0v) is 17.7. The maximum Gasteiger partial charge on any atom is 0.267 e. The summed E-state index contributed by atoms with van der Waals surface area (Å²) >= 11 is 1.14. The van der Waals surface area contributed by atoms with Crippen LogP contribution in [0.2, 0.25) is 0 Å². The number of aryl methyl sites for hydroxylation is 1. The minimum absolute atomic E-state index is 0.0630. The molecule has 28 heavy (non-hydrogen) atoms. The first kappa shape index (κ1) is 21.0. The highest BCUT2D eigenvalue weighted by molar-refractivity contribution is 7.89. The predicted octanol–water partition coefficient (Wildman–Crippen LogP) is 3.75. The molecule has 2 aromatic rings. The van der Waals surface area contributed by atoms with Crippen LogP contribution in [0.15, 0.2) is 40.6 Å². The number of thiophene rings is 1. The van der Waals surface area contributed by atoms with Gasteiger partial charge >= 0.3 is 0 Å². The monoisotopic (exact) mass is 422 g/mol. The van der Waals surface area contributed by atoms with Crippen LogP contribution in [-0.4, -0.2) is 44.9 Å². The number of hydrogen-bond acceptors (Lipinski definition) is 5. The Kier molecular flexibility index (Phi) is 7.23. The lowest BCUT2D eigenvalue weighted by Crippen LogP contribution is -2.41. The second-order valence-corrected chi connectivity index (χ2v) is 9.56. The van der Waals surface area contributed by atoms with Crippen molar-refractivity contribution < 1.29 is 17.9 Å². The van der Waals surface area contributed by atoms with Gasteiger partial charge in [-0.2, -0.15) is 4.31 Å². The number of nitrogens with one attached hydrogen (secondary N) is 1. The van der Waals surface area contributed by atoms with Crippen LogP contribution in [0.25, 0.3) is 0 Å². The lowest BCUT2D eigenvalue weighted by atomic mass is 10.1. The van der Waals surface area contributed by atoms with Crippen molar-refractivity contribution in [2.45, 2.75) is 37.5 Å². The zero-order valence-electron chi connectivity index (χ0n) is 16.0. The Morgan fingerprint density at radius 1 is 1.14 bits per heavy atom. The van der Waals surface area contributed by atoms with Crippen LogP contribution in [0.1, 0.15) is 41.4 Å². The number of carbonyl (C=O) groups is 1. The molecule has 152 valence electrons. The van der Waals surface area contributed by atoms with Crippen molar-refractivity contribution in [3.8, 4) is 0 Å². The van der Waals surface area contributed by atoms with E-state index in [4.69, 9.17) is 4.74 Å². The second-order valence-electron chi connectivity index (χ2n) is 6.74. The van der Waals surface area contributed by atoms with E-state index in [-0.39, 0.29) is 9.77 Å². The molecule has 3 rings (SSSR count). The standard InChI is InChI=1S/C20H26N2O4S2/c1-2-3-4-5-16-6-8-17(9-7-16)21-20(23)19-18(10-15-27-19)28(24,25)22-11-13-26-14-12-22/h6-10,15H,2-5,11-14H2,1H3,(H,21,23). The lowest BCUT2D eigenvalue weighted by molar-refractivity contribution is 0.0730. The normalized spacial score (nSPS) is 15.5. The Balaban J connectivity index is 1.69. The third-order valence-corrected chi connectivity index (χ3v) is 7.69. The van der Waals surface area contributed by atoms with Gasteiger partial charge in [-0.05, 0) is 42.0 Å². The SMILES string of the molecule is CCCCCc1ccc(NC(=O)c2sccc2S(=O)(=O)N2CCOCC2)cc1. The molecule has 2 heterocycles. The highest BCUT2D eigenvalue weighted by Gasteiger charge is 2.31. The summed E-state index contributed by atoms with van der Waals surface area (Å²) in [5.74, 6) is -0.402. The van der Waals surface area contributed by atoms with Crippen LogP contribution in [0.5, 0.6) is 0 Å². The number of ether oxygens (including phenoxy) is 1. The van der Waals surface area contributed by atoms with Crippen molar-refractivity contribution in [2.75, 3.05) is 31.6 Å². The Hall–Kier alpha value is -1.74. The minimum Gasteiger partial charge on any atom is -0.379 e. The number of anilines is 1. The Morgan fingerprint density at radius 3 is 2.54 bits per heavy atom. The van der Waals surface area contributed by atoms with E-state index in [1.807, 2.05) is 24.3 Å². The highest BCUT2D eigenvalue weighted by Crippen LogP contribution is 2.27. The van der Waals surface area contributed by atoms with E-state index in [1.54, 1.807) is 5.38 Å². The minimum atomic E-state index is -3.70. The average Bonchev–Trinajstić information content (AvgIpc) is 3.21. The molecule has 1 aliphatic heterocycles. The number of nitrogens with zero attached hydrogens (tertiary/aromatic N) is 1. The maximum atomic E-state index is 12.9. The van der Waals surface area contributed by atoms with Gasteiger partial charge in [0, 0.05) is 18.8 Å². The Morgan fingerprint density at radius 2 is 1.86 bits per heavy atom. The average molecular weight is 423 g/mol. The molecule has 1 saturated heterocycles. The van der Waals surface area contributed by atoms with Gasteiger partial charge in [-0.1, -0.05) is 31.9 Å². The van der Waals surface area contributed by atoms with Gasteiger partial charge in [0.1, 0.15) is 9.77 Å². The highest BCUT2D eigenvalue weighted by atomic mass is 32.2. The summed E-state index contributed by atoms with van der Waals surface area (Å²) in [5, 5.41) is 4.46. The topological polar surface area (TPSA) is 75.7 Å². The van der Waals surface area contributed by atoms with Gasteiger partial charge in [0.15, 0.2) is 0 Å². The van der Waals surface area contributed by atoms with E-state index < -0.39 is 15.9 Å². The summed E-state index contributed by atoms with van der Waals surface area (Å²) in [6.07, 6.45) is 4.57. The number of sulfonamides is 1. The Bertz CT molecular complexity index is 885. The third kappa shape index (κ3) is 5.00. The van der Waals surface area contributed by atoms with E-state index in [9.17, 15) is 13.2 Å². The molecule has 0 radical (unpaired) electrons. The first-order valence-corrected chi connectivity index (χ1v) is 11.9. The number of amides is 1. The molecule has 1 aliphatic rings. The van der Waals surface area contributed by atoms with Crippen LogP contribution in [-0.2, 0) is 21.2 Å². The predicted molar refractivity (Wildman–Crippen MR) is 112 cm³/mol. The molecule has 0 saturated carbocycles. The van der Waals surface area contributed by atoms with Crippen LogP contribution in [0.3, 0.4) is 0 Å². The fourth-order valence-electron chi connectivity index (χ4n) is 3.11. The number of morpholine rings is 1. The number of benzene rings is 1. The fourth-order valence-corrected chi connectivity index (χ4v) is 5.82. The van der Waals surface area contributed by atoms with E-state index in [2.05, 4.69) is 12.2 Å². The summed E-state index contributed by atoms with van der Waals surface area (Å²) in [6, 6.07) is 9.24. The molecular formula is C20H26N2O4S2. The zero-order chi connectivity index (χ0) is 20.0. The molecule has 0 aliphatic carbocycles. The number of carbonyl (C=O) groups excluding carboxylic acids is 1.